The average Bonchev–Trinajstić information content (AvgIpc) is 2.98. The minimum absolute atomic E-state index is 0.0451. The van der Waals surface area contributed by atoms with Gasteiger partial charge in [-0.3, -0.25) is 13.9 Å². The molecule has 1 N–H and O–H groups in total. The molecule has 2 amide bonds. The molecule has 1 aliphatic rings. The van der Waals surface area contributed by atoms with Crippen LogP contribution in [-0.2, 0) is 26.2 Å². The number of carbonyl (C=O) groups excluding carboxylic acids is 2. The lowest BCUT2D eigenvalue weighted by molar-refractivity contribution is -0.140. The van der Waals surface area contributed by atoms with E-state index in [9.17, 15) is 18.0 Å². The molecule has 224 valence electrons. The predicted molar refractivity (Wildman–Crippen MR) is 168 cm³/mol. The number of anilines is 1. The number of hydrogen-bond acceptors (Lipinski definition) is 4. The summed E-state index contributed by atoms with van der Waals surface area (Å²) in [4.78, 5) is 29.4. The zero-order valence-corrected chi connectivity index (χ0v) is 26.3. The van der Waals surface area contributed by atoms with Crippen LogP contribution in [0.15, 0.2) is 77.7 Å². The Labute approximate surface area is 258 Å². The third-order valence-corrected chi connectivity index (χ3v) is 10.2. The molecule has 1 fully saturated rings. The van der Waals surface area contributed by atoms with Crippen LogP contribution in [0.5, 0.6) is 0 Å². The second-order valence-corrected chi connectivity index (χ2v) is 13.3. The highest BCUT2D eigenvalue weighted by Gasteiger charge is 2.35. The zero-order chi connectivity index (χ0) is 30.3. The number of halogens is 2. The van der Waals surface area contributed by atoms with Crippen molar-refractivity contribution in [3.8, 4) is 0 Å². The van der Waals surface area contributed by atoms with Gasteiger partial charge in [-0.2, -0.15) is 0 Å². The Morgan fingerprint density at radius 1 is 0.905 bits per heavy atom. The summed E-state index contributed by atoms with van der Waals surface area (Å²) >= 11 is 13.0. The second-order valence-electron chi connectivity index (χ2n) is 10.6. The van der Waals surface area contributed by atoms with E-state index < -0.39 is 28.5 Å². The molecule has 3 aromatic rings. The maximum Gasteiger partial charge on any atom is 0.264 e. The second kappa shape index (κ2) is 14.4. The number of nitrogens with one attached hydrogen (secondary N) is 1. The van der Waals surface area contributed by atoms with Crippen molar-refractivity contribution in [1.82, 2.24) is 10.2 Å². The van der Waals surface area contributed by atoms with Gasteiger partial charge in [0.1, 0.15) is 12.6 Å². The molecule has 0 aliphatic heterocycles. The molecule has 10 heteroatoms. The van der Waals surface area contributed by atoms with Crippen LogP contribution in [0.4, 0.5) is 5.69 Å². The van der Waals surface area contributed by atoms with Crippen LogP contribution >= 0.6 is 23.2 Å². The van der Waals surface area contributed by atoms with Crippen LogP contribution < -0.4 is 9.62 Å². The lowest BCUT2D eigenvalue weighted by atomic mass is 9.95. The van der Waals surface area contributed by atoms with Gasteiger partial charge in [-0.15, -0.1) is 0 Å². The fourth-order valence-corrected chi connectivity index (χ4v) is 7.23. The van der Waals surface area contributed by atoms with E-state index in [1.54, 1.807) is 60.7 Å². The molecule has 4 rings (SSSR count). The fraction of sp³-hybridized carbons (Fsp3) is 0.375. The van der Waals surface area contributed by atoms with Crippen molar-refractivity contribution in [2.24, 2.45) is 0 Å². The molecule has 0 saturated heterocycles. The van der Waals surface area contributed by atoms with Gasteiger partial charge in [0.2, 0.25) is 11.8 Å². The van der Waals surface area contributed by atoms with E-state index in [-0.39, 0.29) is 23.4 Å². The van der Waals surface area contributed by atoms with Gasteiger partial charge in [0.05, 0.1) is 10.6 Å². The summed E-state index contributed by atoms with van der Waals surface area (Å²) in [5.74, 6) is -0.814. The Balaban J connectivity index is 1.72. The van der Waals surface area contributed by atoms with E-state index in [4.69, 9.17) is 23.2 Å². The highest BCUT2D eigenvalue weighted by atomic mass is 35.5. The Kier molecular flexibility index (Phi) is 10.9. The largest absolute Gasteiger partial charge is 0.352 e. The molecule has 1 saturated carbocycles. The van der Waals surface area contributed by atoms with Crippen LogP contribution in [0, 0.1) is 6.92 Å². The third kappa shape index (κ3) is 7.65. The molecule has 0 spiro atoms. The van der Waals surface area contributed by atoms with E-state index in [0.717, 1.165) is 42.0 Å². The van der Waals surface area contributed by atoms with Crippen molar-refractivity contribution in [3.63, 3.8) is 0 Å². The van der Waals surface area contributed by atoms with Crippen molar-refractivity contribution in [2.75, 3.05) is 10.8 Å². The number of sulfonamides is 1. The summed E-state index contributed by atoms with van der Waals surface area (Å²) in [7, 11) is -4.13. The van der Waals surface area contributed by atoms with Gasteiger partial charge >= 0.3 is 0 Å². The van der Waals surface area contributed by atoms with E-state index in [1.807, 2.05) is 13.8 Å². The van der Waals surface area contributed by atoms with Gasteiger partial charge in [-0.05, 0) is 62.6 Å². The molecule has 1 aliphatic carbocycles. The van der Waals surface area contributed by atoms with Crippen LogP contribution in [0.25, 0.3) is 0 Å². The molecule has 0 bridgehead atoms. The molecule has 42 heavy (non-hydrogen) atoms. The van der Waals surface area contributed by atoms with Gasteiger partial charge in [0, 0.05) is 28.2 Å². The number of benzene rings is 3. The number of rotatable bonds is 11. The third-order valence-electron chi connectivity index (χ3n) is 7.66. The number of nitrogens with zero attached hydrogens (tertiary/aromatic N) is 2. The maximum atomic E-state index is 14.2. The lowest BCUT2D eigenvalue weighted by Crippen LogP contribution is -2.54. The molecule has 7 nitrogen and oxygen atoms in total. The summed E-state index contributed by atoms with van der Waals surface area (Å²) in [5, 5.41) is 3.85. The normalized spacial score (nSPS) is 14.7. The smallest absolute Gasteiger partial charge is 0.264 e. The molecule has 1 atom stereocenters. The van der Waals surface area contributed by atoms with Gasteiger partial charge in [-0.25, -0.2) is 8.42 Å². The number of hydrogen-bond donors (Lipinski definition) is 1. The summed E-state index contributed by atoms with van der Waals surface area (Å²) in [5.41, 5.74) is 1.78. The van der Waals surface area contributed by atoms with E-state index in [1.165, 1.54) is 17.0 Å². The minimum Gasteiger partial charge on any atom is -0.352 e. The number of aryl methyl sites for hydroxylation is 1. The van der Waals surface area contributed by atoms with Crippen LogP contribution in [0.3, 0.4) is 0 Å². The first-order valence-electron chi connectivity index (χ1n) is 14.3. The van der Waals surface area contributed by atoms with E-state index in [2.05, 4.69) is 5.32 Å². The minimum atomic E-state index is -4.13. The fourth-order valence-electron chi connectivity index (χ4n) is 5.28. The van der Waals surface area contributed by atoms with Crippen LogP contribution in [0.2, 0.25) is 10.0 Å². The van der Waals surface area contributed by atoms with Crippen molar-refractivity contribution >= 4 is 50.7 Å². The topological polar surface area (TPSA) is 86.8 Å². The first-order chi connectivity index (χ1) is 20.1. The van der Waals surface area contributed by atoms with Crippen LogP contribution in [-0.4, -0.2) is 43.8 Å². The first-order valence-corrected chi connectivity index (χ1v) is 16.5. The molecular formula is C32H37Cl2N3O4S. The maximum absolute atomic E-state index is 14.2. The Hall–Kier alpha value is -3.07. The highest BCUT2D eigenvalue weighted by Crippen LogP contribution is 2.29. The molecule has 3 aromatic carbocycles. The molecule has 0 unspecified atom stereocenters. The lowest BCUT2D eigenvalue weighted by Gasteiger charge is -2.34. The van der Waals surface area contributed by atoms with Gasteiger partial charge in [0.15, 0.2) is 0 Å². The van der Waals surface area contributed by atoms with Gasteiger partial charge in [-0.1, -0.05) is 91.3 Å². The SMILES string of the molecule is CC[C@@H](C(=O)NC1CCCCC1)N(Cc1c(Cl)cccc1Cl)C(=O)CN(c1ccc(C)cc1)S(=O)(=O)c1ccccc1. The van der Waals surface area contributed by atoms with Crippen molar-refractivity contribution < 1.29 is 18.0 Å². The molecule has 0 heterocycles. The summed E-state index contributed by atoms with van der Waals surface area (Å²) in [6.45, 7) is 3.16. The van der Waals surface area contributed by atoms with Crippen LogP contribution in [0.1, 0.15) is 56.6 Å². The summed E-state index contributed by atoms with van der Waals surface area (Å²) < 4.78 is 28.9. The number of carbonyl (C=O) groups is 2. The predicted octanol–water partition coefficient (Wildman–Crippen LogP) is 6.75. The van der Waals surface area contributed by atoms with E-state index >= 15 is 0 Å². The molecular weight excluding hydrogens is 593 g/mol. The Bertz CT molecular complexity index is 1460. The standard InChI is InChI=1S/C32H37Cl2N3O4S/c1-3-30(32(39)35-24-11-6-4-7-12-24)36(21-27-28(33)15-10-16-29(27)34)31(38)22-37(25-19-17-23(2)18-20-25)42(40,41)26-13-8-5-9-14-26/h5,8-10,13-20,24,30H,3-4,6-7,11-12,21-22H2,1-2H3,(H,35,39)/t30-/m0/s1. The zero-order valence-electron chi connectivity index (χ0n) is 23.9. The van der Waals surface area contributed by atoms with Crippen molar-refractivity contribution in [1.29, 1.82) is 0 Å². The Morgan fingerprint density at radius 2 is 1.52 bits per heavy atom. The van der Waals surface area contributed by atoms with E-state index in [0.29, 0.717) is 27.7 Å². The monoisotopic (exact) mass is 629 g/mol. The molecule has 0 aromatic heterocycles. The van der Waals surface area contributed by atoms with Gasteiger partial charge < -0.3 is 10.2 Å². The number of amides is 2. The summed E-state index contributed by atoms with van der Waals surface area (Å²) in [6, 6.07) is 19.2. The van der Waals surface area contributed by atoms with Crippen molar-refractivity contribution in [3.05, 3.63) is 94.0 Å². The van der Waals surface area contributed by atoms with Crippen molar-refractivity contribution in [2.45, 2.75) is 75.9 Å². The summed E-state index contributed by atoms with van der Waals surface area (Å²) in [6.07, 6.45) is 5.34. The molecule has 0 radical (unpaired) electrons. The van der Waals surface area contributed by atoms with Gasteiger partial charge in [0.25, 0.3) is 10.0 Å². The first kappa shape index (κ1) is 31.9. The quantitative estimate of drug-likeness (QED) is 0.254. The average molecular weight is 631 g/mol. The Morgan fingerprint density at radius 3 is 2.12 bits per heavy atom. The highest BCUT2D eigenvalue weighted by molar-refractivity contribution is 7.92.